The van der Waals surface area contributed by atoms with Crippen LogP contribution in [-0.4, -0.2) is 34.0 Å². The first-order chi connectivity index (χ1) is 10.0. The molecule has 4 nitrogen and oxygen atoms in total. The molecule has 0 radical (unpaired) electrons. The molecular weight excluding hydrogens is 286 g/mol. The van der Waals surface area contributed by atoms with Crippen molar-refractivity contribution < 1.29 is 14.7 Å². The highest BCUT2D eigenvalue weighted by Gasteiger charge is 2.43. The van der Waals surface area contributed by atoms with Gasteiger partial charge in [-0.2, -0.15) is 0 Å². The number of nitrogens with zero attached hydrogens (tertiary/aromatic N) is 1. The highest BCUT2D eigenvalue weighted by molar-refractivity contribution is 8.01. The van der Waals surface area contributed by atoms with E-state index in [2.05, 4.69) is 0 Å². The third-order valence-corrected chi connectivity index (χ3v) is 5.97. The molecule has 112 valence electrons. The van der Waals surface area contributed by atoms with Crippen LogP contribution >= 0.6 is 11.8 Å². The molecule has 2 aliphatic rings. The molecule has 3 rings (SSSR count). The molecular formula is C16H19NO3S. The van der Waals surface area contributed by atoms with Crippen LogP contribution < -0.4 is 4.90 Å². The predicted molar refractivity (Wildman–Crippen MR) is 83.9 cm³/mol. The van der Waals surface area contributed by atoms with Crippen molar-refractivity contribution in [2.75, 3.05) is 17.2 Å². The van der Waals surface area contributed by atoms with Gasteiger partial charge in [-0.25, -0.2) is 0 Å². The molecule has 0 saturated carbocycles. The minimum absolute atomic E-state index is 0.126. The van der Waals surface area contributed by atoms with Gasteiger partial charge in [0.15, 0.2) is 0 Å². The van der Waals surface area contributed by atoms with Crippen molar-refractivity contribution in [1.82, 2.24) is 0 Å². The Hall–Kier alpha value is -1.49. The summed E-state index contributed by atoms with van der Waals surface area (Å²) in [6, 6.07) is 7.41. The third kappa shape index (κ3) is 2.44. The lowest BCUT2D eigenvalue weighted by Crippen LogP contribution is -2.47. The summed E-state index contributed by atoms with van der Waals surface area (Å²) in [5.74, 6) is -0.165. The van der Waals surface area contributed by atoms with Crippen molar-refractivity contribution in [3.8, 4) is 0 Å². The van der Waals surface area contributed by atoms with Gasteiger partial charge in [-0.3, -0.25) is 9.59 Å². The van der Waals surface area contributed by atoms with Gasteiger partial charge in [0.25, 0.3) is 0 Å². The number of rotatable bonds is 2. The van der Waals surface area contributed by atoms with E-state index in [1.54, 1.807) is 16.7 Å². The monoisotopic (exact) mass is 305 g/mol. The van der Waals surface area contributed by atoms with Gasteiger partial charge < -0.3 is 10.0 Å². The first-order valence-corrected chi connectivity index (χ1v) is 8.29. The molecule has 0 aliphatic carbocycles. The number of aliphatic carboxylic acids is 1. The topological polar surface area (TPSA) is 57.6 Å². The molecule has 21 heavy (non-hydrogen) atoms. The van der Waals surface area contributed by atoms with Crippen LogP contribution in [0.15, 0.2) is 24.3 Å². The SMILES string of the molecule is CC1(C(=O)N2CCC(C(=O)O)c3ccccc32)CCCS1. The quantitative estimate of drug-likeness (QED) is 0.913. The van der Waals surface area contributed by atoms with Gasteiger partial charge in [-0.1, -0.05) is 18.2 Å². The number of carbonyl (C=O) groups is 2. The van der Waals surface area contributed by atoms with Crippen LogP contribution in [0.2, 0.25) is 0 Å². The summed E-state index contributed by atoms with van der Waals surface area (Å²) >= 11 is 1.72. The van der Waals surface area contributed by atoms with Crippen LogP contribution in [0.3, 0.4) is 0 Å². The van der Waals surface area contributed by atoms with Crippen LogP contribution in [0, 0.1) is 0 Å². The van der Waals surface area contributed by atoms with Gasteiger partial charge >= 0.3 is 5.97 Å². The largest absolute Gasteiger partial charge is 0.481 e. The zero-order chi connectivity index (χ0) is 15.0. The standard InChI is InChI=1S/C16H19NO3S/c1-16(8-4-10-21-16)15(20)17-9-7-12(14(18)19)11-5-2-3-6-13(11)17/h2-3,5-6,12H,4,7-10H2,1H3,(H,18,19). The smallest absolute Gasteiger partial charge is 0.311 e. The first-order valence-electron chi connectivity index (χ1n) is 7.30. The number of fused-ring (bicyclic) bond motifs is 1. The van der Waals surface area contributed by atoms with Crippen LogP contribution in [0.1, 0.15) is 37.7 Å². The van der Waals surface area contributed by atoms with E-state index in [0.717, 1.165) is 29.8 Å². The fourth-order valence-corrected chi connectivity index (χ4v) is 4.52. The van der Waals surface area contributed by atoms with Gasteiger partial charge in [0.05, 0.1) is 10.7 Å². The maximum absolute atomic E-state index is 12.9. The Bertz CT molecular complexity index is 581. The molecule has 1 aromatic rings. The van der Waals surface area contributed by atoms with E-state index in [1.165, 1.54) is 0 Å². The summed E-state index contributed by atoms with van der Waals surface area (Å²) in [4.78, 5) is 26.1. The van der Waals surface area contributed by atoms with Crippen molar-refractivity contribution in [3.63, 3.8) is 0 Å². The highest BCUT2D eigenvalue weighted by Crippen LogP contribution is 2.43. The summed E-state index contributed by atoms with van der Waals surface area (Å²) in [7, 11) is 0. The van der Waals surface area contributed by atoms with Crippen LogP contribution in [0.5, 0.6) is 0 Å². The number of hydrogen-bond acceptors (Lipinski definition) is 3. The number of thioether (sulfide) groups is 1. The van der Waals surface area contributed by atoms with Gasteiger partial charge in [0.2, 0.25) is 5.91 Å². The summed E-state index contributed by atoms with van der Waals surface area (Å²) in [5, 5.41) is 9.36. The second-order valence-corrected chi connectivity index (χ2v) is 7.48. The Morgan fingerprint density at radius 2 is 2.14 bits per heavy atom. The lowest BCUT2D eigenvalue weighted by atomic mass is 9.89. The average Bonchev–Trinajstić information content (AvgIpc) is 2.93. The molecule has 1 amide bonds. The van der Waals surface area contributed by atoms with E-state index in [4.69, 9.17) is 0 Å². The molecule has 1 saturated heterocycles. The van der Waals surface area contributed by atoms with E-state index >= 15 is 0 Å². The number of carbonyl (C=O) groups excluding carboxylic acids is 1. The molecule has 1 N–H and O–H groups in total. The molecule has 0 bridgehead atoms. The van der Waals surface area contributed by atoms with Crippen molar-refractivity contribution in [2.24, 2.45) is 0 Å². The van der Waals surface area contributed by atoms with Crippen molar-refractivity contribution in [1.29, 1.82) is 0 Å². The normalized spacial score (nSPS) is 28.2. The minimum atomic E-state index is -0.809. The molecule has 2 atom stereocenters. The van der Waals surface area contributed by atoms with Crippen LogP contribution in [-0.2, 0) is 9.59 Å². The molecule has 1 aromatic carbocycles. The first kappa shape index (κ1) is 14.4. The van der Waals surface area contributed by atoms with E-state index < -0.39 is 11.9 Å². The molecule has 5 heteroatoms. The Morgan fingerprint density at radius 3 is 2.81 bits per heavy atom. The van der Waals surface area contributed by atoms with Crippen molar-refractivity contribution >= 4 is 29.3 Å². The highest BCUT2D eigenvalue weighted by atomic mass is 32.2. The van der Waals surface area contributed by atoms with E-state index in [1.807, 2.05) is 31.2 Å². The number of carboxylic acid groups (broad SMARTS) is 1. The van der Waals surface area contributed by atoms with E-state index in [9.17, 15) is 14.7 Å². The predicted octanol–water partition coefficient (Wildman–Crippen LogP) is 2.88. The summed E-state index contributed by atoms with van der Waals surface area (Å²) < 4.78 is -0.358. The fourth-order valence-electron chi connectivity index (χ4n) is 3.26. The van der Waals surface area contributed by atoms with Gasteiger partial charge in [0.1, 0.15) is 0 Å². The average molecular weight is 305 g/mol. The van der Waals surface area contributed by atoms with Gasteiger partial charge in [0, 0.05) is 12.2 Å². The Balaban J connectivity index is 1.96. The number of benzene rings is 1. The second kappa shape index (κ2) is 5.37. The minimum Gasteiger partial charge on any atom is -0.481 e. The van der Waals surface area contributed by atoms with E-state index in [0.29, 0.717) is 13.0 Å². The maximum Gasteiger partial charge on any atom is 0.311 e. The number of hydrogen-bond donors (Lipinski definition) is 1. The molecule has 0 spiro atoms. The number of carboxylic acids is 1. The fraction of sp³-hybridized carbons (Fsp3) is 0.500. The molecule has 2 unspecified atom stereocenters. The molecule has 2 aliphatic heterocycles. The second-order valence-electron chi connectivity index (χ2n) is 5.88. The van der Waals surface area contributed by atoms with Gasteiger partial charge in [-0.05, 0) is 43.6 Å². The molecule has 0 aromatic heterocycles. The van der Waals surface area contributed by atoms with Gasteiger partial charge in [-0.15, -0.1) is 11.8 Å². The molecule has 1 fully saturated rings. The van der Waals surface area contributed by atoms with E-state index in [-0.39, 0.29) is 10.7 Å². The van der Waals surface area contributed by atoms with Crippen LogP contribution in [0.4, 0.5) is 5.69 Å². The number of para-hydroxylation sites is 1. The Morgan fingerprint density at radius 1 is 1.38 bits per heavy atom. The maximum atomic E-state index is 12.9. The van der Waals surface area contributed by atoms with Crippen molar-refractivity contribution in [3.05, 3.63) is 29.8 Å². The Labute approximate surface area is 128 Å². The lowest BCUT2D eigenvalue weighted by Gasteiger charge is -2.37. The lowest BCUT2D eigenvalue weighted by molar-refractivity contribution is -0.139. The zero-order valence-corrected chi connectivity index (χ0v) is 12.9. The zero-order valence-electron chi connectivity index (χ0n) is 12.0. The molecule has 2 heterocycles. The third-order valence-electron chi connectivity index (χ3n) is 4.46. The van der Waals surface area contributed by atoms with Crippen LogP contribution in [0.25, 0.3) is 0 Å². The summed E-state index contributed by atoms with van der Waals surface area (Å²) in [5.41, 5.74) is 1.53. The summed E-state index contributed by atoms with van der Waals surface area (Å²) in [6.45, 7) is 2.50. The number of anilines is 1. The number of amides is 1. The van der Waals surface area contributed by atoms with Crippen molar-refractivity contribution in [2.45, 2.75) is 36.9 Å². The Kier molecular flexibility index (Phi) is 3.69. The summed E-state index contributed by atoms with van der Waals surface area (Å²) in [6.07, 6.45) is 2.45.